The van der Waals surface area contributed by atoms with Crippen LogP contribution in [0.5, 0.6) is 0 Å². The van der Waals surface area contributed by atoms with E-state index in [2.05, 4.69) is 27.7 Å². The van der Waals surface area contributed by atoms with Gasteiger partial charge in [0.05, 0.1) is 0 Å². The molecule has 4 saturated carbocycles. The second-order valence-corrected chi connectivity index (χ2v) is 16.0. The van der Waals surface area contributed by atoms with Gasteiger partial charge in [0.15, 0.2) is 0 Å². The first kappa shape index (κ1) is 30.9. The normalized spacial score (nSPS) is 43.6. The molecule has 222 valence electrons. The lowest BCUT2D eigenvalue weighted by Crippen LogP contribution is -2.26. The van der Waals surface area contributed by atoms with Crippen molar-refractivity contribution in [3.63, 3.8) is 0 Å². The van der Waals surface area contributed by atoms with Crippen molar-refractivity contribution < 1.29 is 0 Å². The smallest absolute Gasteiger partial charge is 0.0383 e. The first-order chi connectivity index (χ1) is 18.5. The fourth-order valence-electron chi connectivity index (χ4n) is 10.3. The minimum atomic E-state index is 0.958. The highest BCUT2D eigenvalue weighted by Gasteiger charge is 2.33. The van der Waals surface area contributed by atoms with Crippen LogP contribution in [0.15, 0.2) is 0 Å². The maximum atomic E-state index is 2.68. The molecule has 4 fully saturated rings. The summed E-state index contributed by atoms with van der Waals surface area (Å²) in [4.78, 5) is 0. The van der Waals surface area contributed by atoms with Crippen LogP contribution in [0.1, 0.15) is 182 Å². The van der Waals surface area contributed by atoms with Gasteiger partial charge >= 0.3 is 0 Å². The SMILES string of the molecule is CCC1CCCCC2CC(CCCCC2C)C(C)CCCC2CC3CCCCC(C3)CC(C2)C(C)CCC1. The second-order valence-electron chi connectivity index (χ2n) is 16.0. The van der Waals surface area contributed by atoms with Gasteiger partial charge in [-0.3, -0.25) is 0 Å². The van der Waals surface area contributed by atoms with Crippen molar-refractivity contribution in [3.05, 3.63) is 0 Å². The van der Waals surface area contributed by atoms with E-state index in [4.69, 9.17) is 0 Å². The van der Waals surface area contributed by atoms with Crippen LogP contribution >= 0.6 is 0 Å². The Bertz CT molecular complexity index is 622. The van der Waals surface area contributed by atoms with Crippen molar-refractivity contribution in [2.45, 2.75) is 182 Å². The van der Waals surface area contributed by atoms with E-state index in [0.29, 0.717) is 0 Å². The summed E-state index contributed by atoms with van der Waals surface area (Å²) in [6, 6.07) is 0. The molecule has 6 bridgehead atoms. The zero-order valence-corrected chi connectivity index (χ0v) is 26.7. The molecule has 10 unspecified atom stereocenters. The summed E-state index contributed by atoms with van der Waals surface area (Å²) in [7, 11) is 0. The standard InChI is InChI=1S/C38H70/c1-5-32-17-9-11-23-36-28-37(22-10-6-14-29(36)2)30(3)15-13-21-35-25-33-18-7-8-19-34(24-33)26-38(27-35)31(4)16-12-20-32/h29-38H,5-28H2,1-4H3. The molecule has 38 heavy (non-hydrogen) atoms. The maximum Gasteiger partial charge on any atom is -0.0383 e. The summed E-state index contributed by atoms with van der Waals surface area (Å²) in [5, 5.41) is 0. The molecule has 0 aromatic heterocycles. The van der Waals surface area contributed by atoms with Gasteiger partial charge < -0.3 is 0 Å². The number of rotatable bonds is 1. The van der Waals surface area contributed by atoms with Crippen molar-refractivity contribution in [2.75, 3.05) is 0 Å². The molecule has 0 aliphatic heterocycles. The van der Waals surface area contributed by atoms with Crippen LogP contribution in [0, 0.1) is 59.2 Å². The van der Waals surface area contributed by atoms with Crippen LogP contribution in [-0.2, 0) is 0 Å². The van der Waals surface area contributed by atoms with Gasteiger partial charge in [0.2, 0.25) is 0 Å². The van der Waals surface area contributed by atoms with E-state index >= 15 is 0 Å². The molecule has 10 atom stereocenters. The molecule has 0 N–H and O–H groups in total. The number of hydrogen-bond acceptors (Lipinski definition) is 0. The van der Waals surface area contributed by atoms with Gasteiger partial charge in [0.1, 0.15) is 0 Å². The Morgan fingerprint density at radius 1 is 0.368 bits per heavy atom. The molecule has 0 heteroatoms. The Morgan fingerprint density at radius 3 is 1.37 bits per heavy atom. The van der Waals surface area contributed by atoms with Gasteiger partial charge in [-0.2, -0.15) is 0 Å². The van der Waals surface area contributed by atoms with Crippen LogP contribution in [0.2, 0.25) is 0 Å². The first-order valence-electron chi connectivity index (χ1n) is 18.5. The van der Waals surface area contributed by atoms with E-state index in [1.807, 2.05) is 0 Å². The maximum absolute atomic E-state index is 2.68. The minimum absolute atomic E-state index is 0.958. The van der Waals surface area contributed by atoms with E-state index < -0.39 is 0 Å². The Hall–Kier alpha value is 0. The van der Waals surface area contributed by atoms with Gasteiger partial charge in [-0.15, -0.1) is 0 Å². The van der Waals surface area contributed by atoms with Crippen LogP contribution in [0.4, 0.5) is 0 Å². The minimum Gasteiger partial charge on any atom is -0.0651 e. The van der Waals surface area contributed by atoms with Crippen molar-refractivity contribution in [1.82, 2.24) is 0 Å². The highest BCUT2D eigenvalue weighted by molar-refractivity contribution is 4.84. The zero-order chi connectivity index (χ0) is 26.7. The topological polar surface area (TPSA) is 0 Å². The van der Waals surface area contributed by atoms with Gasteiger partial charge in [-0.05, 0) is 91.3 Å². The highest BCUT2D eigenvalue weighted by Crippen LogP contribution is 2.45. The average Bonchev–Trinajstić information content (AvgIpc) is 3.13. The van der Waals surface area contributed by atoms with Gasteiger partial charge in [-0.25, -0.2) is 0 Å². The molecule has 4 aliphatic rings. The van der Waals surface area contributed by atoms with Crippen LogP contribution in [0.3, 0.4) is 0 Å². The Labute approximate surface area is 240 Å². The Morgan fingerprint density at radius 2 is 0.763 bits per heavy atom. The molecular weight excluding hydrogens is 456 g/mol. The fraction of sp³-hybridized carbons (Fsp3) is 1.00. The lowest BCUT2D eigenvalue weighted by Gasteiger charge is -2.37. The van der Waals surface area contributed by atoms with E-state index in [1.54, 1.807) is 51.4 Å². The van der Waals surface area contributed by atoms with E-state index in [1.165, 1.54) is 103 Å². The molecule has 0 nitrogen and oxygen atoms in total. The van der Waals surface area contributed by atoms with Crippen LogP contribution < -0.4 is 0 Å². The van der Waals surface area contributed by atoms with E-state index in [0.717, 1.165) is 59.2 Å². The lowest BCUT2D eigenvalue weighted by molar-refractivity contribution is 0.143. The van der Waals surface area contributed by atoms with Crippen molar-refractivity contribution >= 4 is 0 Å². The molecule has 0 aromatic carbocycles. The molecule has 4 rings (SSSR count). The lowest BCUT2D eigenvalue weighted by atomic mass is 9.69. The highest BCUT2D eigenvalue weighted by atomic mass is 14.4. The number of hydrogen-bond donors (Lipinski definition) is 0. The molecule has 0 heterocycles. The molecule has 0 amide bonds. The third-order valence-corrected chi connectivity index (χ3v) is 13.1. The summed E-state index contributed by atoms with van der Waals surface area (Å²) in [6.45, 7) is 10.4. The van der Waals surface area contributed by atoms with Crippen LogP contribution in [-0.4, -0.2) is 0 Å². The molecular formula is C38H70. The van der Waals surface area contributed by atoms with Crippen LogP contribution in [0.25, 0.3) is 0 Å². The molecule has 0 spiro atoms. The predicted octanol–water partition coefficient (Wildman–Crippen LogP) is 12.6. The largest absolute Gasteiger partial charge is 0.0651 e. The Balaban J connectivity index is 1.45. The van der Waals surface area contributed by atoms with E-state index in [-0.39, 0.29) is 0 Å². The van der Waals surface area contributed by atoms with Gasteiger partial charge in [0, 0.05) is 0 Å². The predicted molar refractivity (Wildman–Crippen MR) is 168 cm³/mol. The van der Waals surface area contributed by atoms with Crippen molar-refractivity contribution in [2.24, 2.45) is 59.2 Å². The van der Waals surface area contributed by atoms with Gasteiger partial charge in [0.25, 0.3) is 0 Å². The summed E-state index contributed by atoms with van der Waals surface area (Å²) in [5.74, 6) is 10.1. The molecule has 4 aliphatic carbocycles. The molecule has 0 saturated heterocycles. The van der Waals surface area contributed by atoms with Crippen molar-refractivity contribution in [1.29, 1.82) is 0 Å². The quantitative estimate of drug-likeness (QED) is 0.318. The van der Waals surface area contributed by atoms with Crippen molar-refractivity contribution in [3.8, 4) is 0 Å². The monoisotopic (exact) mass is 527 g/mol. The zero-order valence-electron chi connectivity index (χ0n) is 26.7. The Kier molecular flexibility index (Phi) is 13.4. The summed E-state index contributed by atoms with van der Waals surface area (Å²) in [6.07, 6.45) is 36.8. The third kappa shape index (κ3) is 9.82. The second kappa shape index (κ2) is 16.4. The average molecular weight is 527 g/mol. The summed E-state index contributed by atoms with van der Waals surface area (Å²) < 4.78 is 0. The van der Waals surface area contributed by atoms with Gasteiger partial charge in [-0.1, -0.05) is 150 Å². The number of fused-ring (bicyclic) bond motifs is 6. The molecule has 0 aromatic rings. The van der Waals surface area contributed by atoms with E-state index in [9.17, 15) is 0 Å². The summed E-state index contributed by atoms with van der Waals surface area (Å²) >= 11 is 0. The summed E-state index contributed by atoms with van der Waals surface area (Å²) in [5.41, 5.74) is 0. The fourth-order valence-corrected chi connectivity index (χ4v) is 10.3. The first-order valence-corrected chi connectivity index (χ1v) is 18.5. The molecule has 0 radical (unpaired) electrons. The third-order valence-electron chi connectivity index (χ3n) is 13.1.